The predicted molar refractivity (Wildman–Crippen MR) is 147 cm³/mol. The minimum Gasteiger partial charge on any atom is -0.481 e. The lowest BCUT2D eigenvalue weighted by molar-refractivity contribution is -0.202. The molecule has 0 radical (unpaired) electrons. The van der Waals surface area contributed by atoms with E-state index in [-0.39, 0.29) is 19.6 Å². The van der Waals surface area contributed by atoms with E-state index in [9.17, 15) is 28.2 Å². The number of aliphatic hydroxyl groups excluding tert-OH is 1. The molecule has 1 unspecified atom stereocenters. The first-order chi connectivity index (χ1) is 19.2. The second-order valence-corrected chi connectivity index (χ2v) is 9.37. The fraction of sp³-hybridized carbons (Fsp3) is 0.219. The van der Waals surface area contributed by atoms with Crippen molar-refractivity contribution in [2.45, 2.75) is 39.1 Å². The molecule has 40 heavy (non-hydrogen) atoms. The van der Waals surface area contributed by atoms with Crippen molar-refractivity contribution in [3.63, 3.8) is 0 Å². The van der Waals surface area contributed by atoms with Crippen molar-refractivity contribution in [2.75, 3.05) is 6.54 Å². The van der Waals surface area contributed by atoms with Crippen LogP contribution in [0.15, 0.2) is 97.1 Å². The molecule has 0 fully saturated rings. The lowest BCUT2D eigenvalue weighted by atomic mass is 9.89. The molecular weight excluding hydrogens is 519 g/mol. The smallest absolute Gasteiger partial charge is 0.416 e. The Labute approximate surface area is 231 Å². The van der Waals surface area contributed by atoms with Gasteiger partial charge in [0.2, 0.25) is 6.41 Å². The molecule has 0 amide bonds. The van der Waals surface area contributed by atoms with Crippen molar-refractivity contribution in [1.29, 1.82) is 0 Å². The third-order valence-electron chi connectivity index (χ3n) is 6.58. The number of hydrogen-bond acceptors (Lipinski definition) is 4. The molecule has 0 heterocycles. The van der Waals surface area contributed by atoms with Crippen LogP contribution in [0, 0.1) is 0 Å². The predicted octanol–water partition coefficient (Wildman–Crippen LogP) is 6.98. The van der Waals surface area contributed by atoms with Crippen molar-refractivity contribution in [2.24, 2.45) is 0 Å². The van der Waals surface area contributed by atoms with Crippen molar-refractivity contribution in [3.05, 3.63) is 119 Å². The molecule has 2 N–H and O–H groups in total. The van der Waals surface area contributed by atoms with Gasteiger partial charge in [-0.3, -0.25) is 9.69 Å². The first-order valence-electron chi connectivity index (χ1n) is 12.8. The Kier molecular flexibility index (Phi) is 9.37. The molecule has 0 aliphatic heterocycles. The summed E-state index contributed by atoms with van der Waals surface area (Å²) in [4.78, 5) is 13.0. The zero-order valence-electron chi connectivity index (χ0n) is 21.9. The summed E-state index contributed by atoms with van der Waals surface area (Å²) in [5.74, 6) is -1.01. The van der Waals surface area contributed by atoms with Gasteiger partial charge in [0.05, 0.1) is 18.6 Å². The van der Waals surface area contributed by atoms with Gasteiger partial charge in [-0.25, -0.2) is 0 Å². The van der Waals surface area contributed by atoms with Gasteiger partial charge in [0.1, 0.15) is 0 Å². The maximum absolute atomic E-state index is 13.8. The van der Waals surface area contributed by atoms with E-state index >= 15 is 0 Å². The van der Waals surface area contributed by atoms with Gasteiger partial charge in [0.15, 0.2) is 0 Å². The van der Waals surface area contributed by atoms with Crippen LogP contribution in [0.1, 0.15) is 29.2 Å². The highest BCUT2D eigenvalue weighted by molar-refractivity contribution is 5.86. The molecule has 208 valence electrons. The van der Waals surface area contributed by atoms with Crippen molar-refractivity contribution in [3.8, 4) is 22.3 Å². The van der Waals surface area contributed by atoms with Gasteiger partial charge < -0.3 is 14.9 Å². The Bertz CT molecular complexity index is 1430. The van der Waals surface area contributed by atoms with Gasteiger partial charge >= 0.3 is 12.1 Å². The molecule has 0 spiro atoms. The third-order valence-corrected chi connectivity index (χ3v) is 6.58. The van der Waals surface area contributed by atoms with E-state index in [4.69, 9.17) is 4.74 Å². The van der Waals surface area contributed by atoms with Crippen LogP contribution in [0.25, 0.3) is 22.3 Å². The van der Waals surface area contributed by atoms with Crippen molar-refractivity contribution < 1.29 is 32.9 Å². The summed E-state index contributed by atoms with van der Waals surface area (Å²) in [6, 6.07) is 27.3. The zero-order valence-corrected chi connectivity index (χ0v) is 21.9. The number of carbonyl (C=O) groups is 1. The first kappa shape index (κ1) is 29.0. The maximum Gasteiger partial charge on any atom is 0.416 e. The molecule has 4 aromatic rings. The number of benzene rings is 4. The normalized spacial score (nSPS) is 12.4. The number of carboxylic acid groups (broad SMARTS) is 1. The summed E-state index contributed by atoms with van der Waals surface area (Å²) in [6.07, 6.45) is -6.16. The number of nitrogens with zero attached hydrogens (tertiary/aromatic N) is 1. The second kappa shape index (κ2) is 12.9. The molecule has 0 aliphatic carbocycles. The van der Waals surface area contributed by atoms with E-state index in [0.717, 1.165) is 28.8 Å². The highest BCUT2D eigenvalue weighted by atomic mass is 19.4. The Hall–Kier alpha value is -3.98. The average molecular weight is 550 g/mol. The monoisotopic (exact) mass is 549 g/mol. The zero-order chi connectivity index (χ0) is 28.7. The third kappa shape index (κ3) is 7.35. The minimum absolute atomic E-state index is 0.0386. The van der Waals surface area contributed by atoms with Crippen molar-refractivity contribution >= 4 is 5.97 Å². The summed E-state index contributed by atoms with van der Waals surface area (Å²) in [5.41, 5.74) is 3.57. The molecule has 1 atom stereocenters. The van der Waals surface area contributed by atoms with E-state index in [1.807, 2.05) is 60.7 Å². The molecule has 0 bridgehead atoms. The quantitative estimate of drug-likeness (QED) is 0.198. The summed E-state index contributed by atoms with van der Waals surface area (Å²) in [7, 11) is 0. The molecule has 0 saturated heterocycles. The number of ether oxygens (including phenoxy) is 1. The Morgan fingerprint density at radius 1 is 0.850 bits per heavy atom. The highest BCUT2D eigenvalue weighted by Crippen LogP contribution is 2.38. The van der Waals surface area contributed by atoms with Crippen LogP contribution in [0.2, 0.25) is 0 Å². The second-order valence-electron chi connectivity index (χ2n) is 9.37. The van der Waals surface area contributed by atoms with Crippen LogP contribution >= 0.6 is 0 Å². The van der Waals surface area contributed by atoms with Gasteiger partial charge in [-0.05, 0) is 57.1 Å². The summed E-state index contributed by atoms with van der Waals surface area (Å²) >= 11 is 0. The van der Waals surface area contributed by atoms with Gasteiger partial charge in [-0.1, -0.05) is 85.8 Å². The van der Waals surface area contributed by atoms with Gasteiger partial charge in [0.25, 0.3) is 0 Å². The van der Waals surface area contributed by atoms with Gasteiger partial charge in [-0.15, -0.1) is 0 Å². The van der Waals surface area contributed by atoms with Crippen molar-refractivity contribution in [1.82, 2.24) is 4.90 Å². The minimum atomic E-state index is -4.57. The summed E-state index contributed by atoms with van der Waals surface area (Å²) < 4.78 is 47.0. The number of halogens is 3. The highest BCUT2D eigenvalue weighted by Gasteiger charge is 2.32. The maximum atomic E-state index is 13.8. The number of aliphatic hydroxyl groups is 1. The van der Waals surface area contributed by atoms with E-state index < -0.39 is 24.1 Å². The molecule has 5 nitrogen and oxygen atoms in total. The van der Waals surface area contributed by atoms with Crippen LogP contribution in [0.3, 0.4) is 0 Å². The van der Waals surface area contributed by atoms with Crippen LogP contribution in [-0.4, -0.2) is 34.0 Å². The Balaban J connectivity index is 1.77. The van der Waals surface area contributed by atoms with E-state index in [1.165, 1.54) is 11.0 Å². The Morgan fingerprint density at radius 3 is 2.12 bits per heavy atom. The largest absolute Gasteiger partial charge is 0.481 e. The van der Waals surface area contributed by atoms with Crippen LogP contribution in [0.4, 0.5) is 13.2 Å². The lowest BCUT2D eigenvalue weighted by Gasteiger charge is -2.28. The van der Waals surface area contributed by atoms with Crippen LogP contribution in [0.5, 0.6) is 0 Å². The average Bonchev–Trinajstić information content (AvgIpc) is 2.94. The fourth-order valence-electron chi connectivity index (χ4n) is 4.55. The standard InChI is InChI=1S/C32H30F3NO4/c1-2-36(31(39)40-21-22-9-5-3-6-10-22)20-25-19-26(32(33,34)35)14-16-28(25)29-17-23(18-30(37)38)13-15-27(29)24-11-7-4-8-12-24/h3-17,19,31,39H,2,18,20-21H2,1H3,(H,37,38). The summed E-state index contributed by atoms with van der Waals surface area (Å²) in [6.45, 7) is 2.17. The number of rotatable bonds is 11. The molecule has 0 aliphatic rings. The molecular formula is C32H30F3NO4. The van der Waals surface area contributed by atoms with Gasteiger partial charge in [0, 0.05) is 13.1 Å². The number of alkyl halides is 3. The van der Waals surface area contributed by atoms with E-state index in [2.05, 4.69) is 0 Å². The van der Waals surface area contributed by atoms with Crippen LogP contribution in [-0.2, 0) is 35.3 Å². The SMILES string of the molecule is CCN(Cc1cc(C(F)(F)F)ccc1-c1cc(CC(=O)O)ccc1-c1ccccc1)C(O)OCc1ccccc1. The van der Waals surface area contributed by atoms with Crippen LogP contribution < -0.4 is 0 Å². The fourth-order valence-corrected chi connectivity index (χ4v) is 4.55. The number of hydrogen-bond donors (Lipinski definition) is 2. The summed E-state index contributed by atoms with van der Waals surface area (Å²) in [5, 5.41) is 20.2. The van der Waals surface area contributed by atoms with E-state index in [1.54, 1.807) is 25.1 Å². The number of aliphatic carboxylic acids is 1. The topological polar surface area (TPSA) is 70.0 Å². The molecule has 4 aromatic carbocycles. The lowest BCUT2D eigenvalue weighted by Crippen LogP contribution is -2.36. The van der Waals surface area contributed by atoms with Gasteiger partial charge in [-0.2, -0.15) is 13.2 Å². The number of carboxylic acids is 1. The molecule has 8 heteroatoms. The first-order valence-corrected chi connectivity index (χ1v) is 12.8. The Morgan fingerprint density at radius 2 is 1.50 bits per heavy atom. The molecule has 4 rings (SSSR count). The molecule has 0 aromatic heterocycles. The molecule has 0 saturated carbocycles. The van der Waals surface area contributed by atoms with E-state index in [0.29, 0.717) is 28.8 Å².